The van der Waals surface area contributed by atoms with Gasteiger partial charge in [-0.2, -0.15) is 13.2 Å². The maximum Gasteiger partial charge on any atom is 0.389 e. The van der Waals surface area contributed by atoms with Crippen LogP contribution in [0.15, 0.2) is 18.3 Å². The molecule has 0 radical (unpaired) electrons. The third-order valence-corrected chi connectivity index (χ3v) is 1.94. The van der Waals surface area contributed by atoms with Crippen molar-refractivity contribution in [3.05, 3.63) is 23.9 Å². The van der Waals surface area contributed by atoms with E-state index in [1.807, 2.05) is 13.0 Å². The lowest BCUT2D eigenvalue weighted by Crippen LogP contribution is -2.11. The van der Waals surface area contributed by atoms with Crippen LogP contribution in [0.2, 0.25) is 0 Å². The van der Waals surface area contributed by atoms with Crippen LogP contribution in [-0.4, -0.2) is 17.7 Å². The van der Waals surface area contributed by atoms with Crippen LogP contribution >= 0.6 is 0 Å². The van der Waals surface area contributed by atoms with Crippen LogP contribution in [0.5, 0.6) is 0 Å². The van der Waals surface area contributed by atoms with E-state index in [9.17, 15) is 13.2 Å². The Kier molecular flexibility index (Phi) is 3.94. The molecule has 1 aromatic rings. The van der Waals surface area contributed by atoms with Crippen molar-refractivity contribution in [3.8, 4) is 0 Å². The second-order valence-electron chi connectivity index (χ2n) is 3.31. The van der Waals surface area contributed by atoms with Crippen molar-refractivity contribution < 1.29 is 13.2 Å². The van der Waals surface area contributed by atoms with E-state index in [2.05, 4.69) is 10.3 Å². The van der Waals surface area contributed by atoms with Gasteiger partial charge in [-0.3, -0.25) is 0 Å². The minimum absolute atomic E-state index is 0.0690. The lowest BCUT2D eigenvalue weighted by molar-refractivity contribution is -0.134. The Bertz CT molecular complexity index is 310. The highest BCUT2D eigenvalue weighted by molar-refractivity contribution is 5.42. The van der Waals surface area contributed by atoms with Crippen molar-refractivity contribution in [2.45, 2.75) is 25.9 Å². The monoisotopic (exact) mass is 218 g/mol. The van der Waals surface area contributed by atoms with Gasteiger partial charge in [-0.1, -0.05) is 6.07 Å². The summed E-state index contributed by atoms with van der Waals surface area (Å²) >= 11 is 0. The first kappa shape index (κ1) is 11.8. The van der Waals surface area contributed by atoms with Crippen molar-refractivity contribution in [1.29, 1.82) is 0 Å². The molecular weight excluding hydrogens is 205 g/mol. The summed E-state index contributed by atoms with van der Waals surface area (Å²) in [7, 11) is 0. The number of anilines is 1. The van der Waals surface area contributed by atoms with Crippen LogP contribution in [0.3, 0.4) is 0 Å². The summed E-state index contributed by atoms with van der Waals surface area (Å²) < 4.78 is 35.5. The van der Waals surface area contributed by atoms with E-state index in [0.717, 1.165) is 5.56 Å². The van der Waals surface area contributed by atoms with Crippen LogP contribution < -0.4 is 5.32 Å². The number of alkyl halides is 3. The predicted octanol–water partition coefficient (Wildman–Crippen LogP) is 3.14. The van der Waals surface area contributed by atoms with Gasteiger partial charge in [0.2, 0.25) is 0 Å². The molecule has 1 rings (SSSR count). The highest BCUT2D eigenvalue weighted by atomic mass is 19.4. The van der Waals surface area contributed by atoms with Gasteiger partial charge in [0.05, 0.1) is 0 Å². The fraction of sp³-hybridized carbons (Fsp3) is 0.500. The number of rotatable bonds is 4. The largest absolute Gasteiger partial charge is 0.389 e. The van der Waals surface area contributed by atoms with Crippen molar-refractivity contribution in [1.82, 2.24) is 4.98 Å². The molecule has 0 aliphatic heterocycles. The molecule has 1 aromatic heterocycles. The molecule has 0 aromatic carbocycles. The number of aryl methyl sites for hydroxylation is 1. The van der Waals surface area contributed by atoms with Crippen molar-refractivity contribution >= 4 is 5.82 Å². The van der Waals surface area contributed by atoms with E-state index in [-0.39, 0.29) is 13.0 Å². The molecule has 0 saturated carbocycles. The number of hydrogen-bond acceptors (Lipinski definition) is 2. The van der Waals surface area contributed by atoms with Gasteiger partial charge >= 0.3 is 6.18 Å². The van der Waals surface area contributed by atoms with Crippen LogP contribution in [-0.2, 0) is 0 Å². The quantitative estimate of drug-likeness (QED) is 0.785. The van der Waals surface area contributed by atoms with Crippen LogP contribution in [0.25, 0.3) is 0 Å². The molecule has 15 heavy (non-hydrogen) atoms. The molecule has 84 valence electrons. The first-order valence-corrected chi connectivity index (χ1v) is 4.71. The molecule has 0 unspecified atom stereocenters. The number of aromatic nitrogens is 1. The van der Waals surface area contributed by atoms with E-state index in [4.69, 9.17) is 0 Å². The summed E-state index contributed by atoms with van der Waals surface area (Å²) in [6.07, 6.45) is -3.15. The Labute approximate surface area is 86.5 Å². The number of nitrogens with one attached hydrogen (secondary N) is 1. The van der Waals surface area contributed by atoms with E-state index in [1.54, 1.807) is 12.3 Å². The second kappa shape index (κ2) is 5.00. The summed E-state index contributed by atoms with van der Waals surface area (Å²) in [4.78, 5) is 4.02. The Morgan fingerprint density at radius 3 is 2.73 bits per heavy atom. The lowest BCUT2D eigenvalue weighted by Gasteiger charge is -2.09. The Balaban J connectivity index is 2.30. The van der Waals surface area contributed by atoms with Gasteiger partial charge in [0.15, 0.2) is 0 Å². The topological polar surface area (TPSA) is 24.9 Å². The van der Waals surface area contributed by atoms with E-state index in [0.29, 0.717) is 5.82 Å². The molecule has 0 bridgehead atoms. The molecule has 0 aliphatic carbocycles. The van der Waals surface area contributed by atoms with Gasteiger partial charge < -0.3 is 5.32 Å². The van der Waals surface area contributed by atoms with Gasteiger partial charge in [-0.25, -0.2) is 4.98 Å². The number of nitrogens with zero attached hydrogens (tertiary/aromatic N) is 1. The van der Waals surface area contributed by atoms with Gasteiger partial charge in [0.1, 0.15) is 5.82 Å². The minimum atomic E-state index is -4.07. The standard InChI is InChI=1S/C10H13F3N2/c1-8-4-2-6-14-9(8)15-7-3-5-10(11,12)13/h2,4,6H,3,5,7H2,1H3,(H,14,15). The summed E-state index contributed by atoms with van der Waals surface area (Å²) in [6, 6.07) is 3.65. The lowest BCUT2D eigenvalue weighted by atomic mass is 10.2. The first-order valence-electron chi connectivity index (χ1n) is 4.71. The third-order valence-electron chi connectivity index (χ3n) is 1.94. The SMILES string of the molecule is Cc1cccnc1NCCCC(F)(F)F. The van der Waals surface area contributed by atoms with E-state index in [1.165, 1.54) is 0 Å². The maximum absolute atomic E-state index is 11.8. The average Bonchev–Trinajstić information content (AvgIpc) is 2.13. The van der Waals surface area contributed by atoms with E-state index < -0.39 is 12.6 Å². The Morgan fingerprint density at radius 2 is 2.13 bits per heavy atom. The van der Waals surface area contributed by atoms with Crippen molar-refractivity contribution in [2.75, 3.05) is 11.9 Å². The molecule has 5 heteroatoms. The van der Waals surface area contributed by atoms with Gasteiger partial charge in [0, 0.05) is 19.2 Å². The first-order chi connectivity index (χ1) is 6.99. The number of pyridine rings is 1. The highest BCUT2D eigenvalue weighted by Gasteiger charge is 2.25. The van der Waals surface area contributed by atoms with Crippen LogP contribution in [0.1, 0.15) is 18.4 Å². The normalized spacial score (nSPS) is 11.5. The molecule has 0 fully saturated rings. The smallest absolute Gasteiger partial charge is 0.370 e. The predicted molar refractivity (Wildman–Crippen MR) is 52.8 cm³/mol. The molecule has 0 atom stereocenters. The highest BCUT2D eigenvalue weighted by Crippen LogP contribution is 2.21. The molecule has 1 N–H and O–H groups in total. The summed E-state index contributed by atoms with van der Waals surface area (Å²) in [5, 5.41) is 2.87. The fourth-order valence-corrected chi connectivity index (χ4v) is 1.17. The number of halogens is 3. The summed E-state index contributed by atoms with van der Waals surface area (Å²) in [5.74, 6) is 0.652. The zero-order valence-electron chi connectivity index (χ0n) is 8.43. The van der Waals surface area contributed by atoms with Crippen molar-refractivity contribution in [3.63, 3.8) is 0 Å². The zero-order chi connectivity index (χ0) is 11.3. The third kappa shape index (κ3) is 4.67. The molecule has 2 nitrogen and oxygen atoms in total. The molecule has 0 aliphatic rings. The summed E-state index contributed by atoms with van der Waals surface area (Å²) in [5.41, 5.74) is 0.935. The van der Waals surface area contributed by atoms with Gasteiger partial charge in [0.25, 0.3) is 0 Å². The molecular formula is C10H13F3N2. The number of hydrogen-bond donors (Lipinski definition) is 1. The maximum atomic E-state index is 11.8. The van der Waals surface area contributed by atoms with Crippen LogP contribution in [0, 0.1) is 6.92 Å². The van der Waals surface area contributed by atoms with Crippen LogP contribution in [0.4, 0.5) is 19.0 Å². The van der Waals surface area contributed by atoms with E-state index >= 15 is 0 Å². The minimum Gasteiger partial charge on any atom is -0.370 e. The van der Waals surface area contributed by atoms with Crippen molar-refractivity contribution in [2.24, 2.45) is 0 Å². The van der Waals surface area contributed by atoms with Gasteiger partial charge in [-0.15, -0.1) is 0 Å². The zero-order valence-corrected chi connectivity index (χ0v) is 8.43. The average molecular weight is 218 g/mol. The fourth-order valence-electron chi connectivity index (χ4n) is 1.17. The molecule has 0 spiro atoms. The molecule has 0 amide bonds. The second-order valence-corrected chi connectivity index (χ2v) is 3.31. The summed E-state index contributed by atoms with van der Waals surface area (Å²) in [6.45, 7) is 2.15. The molecule has 0 saturated heterocycles. The molecule has 1 heterocycles. The Hall–Kier alpha value is -1.26. The van der Waals surface area contributed by atoms with Gasteiger partial charge in [-0.05, 0) is 25.0 Å². The Morgan fingerprint density at radius 1 is 1.40 bits per heavy atom.